The Morgan fingerprint density at radius 3 is 2.40 bits per heavy atom. The number of aryl methyl sites for hydroxylation is 1. The van der Waals surface area contributed by atoms with E-state index >= 15 is 0 Å². The predicted molar refractivity (Wildman–Crippen MR) is 103 cm³/mol. The number of aromatic nitrogens is 1. The second-order valence-electron chi connectivity index (χ2n) is 6.48. The van der Waals surface area contributed by atoms with Crippen molar-refractivity contribution in [1.82, 2.24) is 4.57 Å². The van der Waals surface area contributed by atoms with Gasteiger partial charge >= 0.3 is 0 Å². The third-order valence-electron chi connectivity index (χ3n) is 4.85. The van der Waals surface area contributed by atoms with E-state index in [-0.39, 0.29) is 12.3 Å². The van der Waals surface area contributed by atoms with Crippen LogP contribution >= 0.6 is 0 Å². The summed E-state index contributed by atoms with van der Waals surface area (Å²) in [5.74, 6) is -0.298. The van der Waals surface area contributed by atoms with Crippen molar-refractivity contribution >= 4 is 27.7 Å². The zero-order valence-corrected chi connectivity index (χ0v) is 14.2. The lowest BCUT2D eigenvalue weighted by atomic mass is 10.0. The molecule has 0 atom stereocenters. The highest BCUT2D eigenvalue weighted by Gasteiger charge is 2.15. The molecule has 3 nitrogen and oxygen atoms in total. The molecule has 0 unspecified atom stereocenters. The minimum Gasteiger partial charge on any atom is -0.369 e. The number of nitrogens with two attached hydrogens (primary N) is 1. The Hall–Kier alpha value is -3.07. The zero-order chi connectivity index (χ0) is 17.4. The van der Waals surface area contributed by atoms with Crippen LogP contribution in [0.5, 0.6) is 0 Å². The molecule has 0 aliphatic heterocycles. The Morgan fingerprint density at radius 2 is 1.64 bits per heavy atom. The molecular formula is C22H20N2O. The quantitative estimate of drug-likeness (QED) is 0.600. The molecule has 2 N–H and O–H groups in total. The second kappa shape index (κ2) is 6.10. The number of para-hydroxylation sites is 1. The van der Waals surface area contributed by atoms with Gasteiger partial charge in [-0.3, -0.25) is 4.79 Å². The smallest absolute Gasteiger partial charge is 0.221 e. The van der Waals surface area contributed by atoms with Crippen molar-refractivity contribution in [3.05, 3.63) is 83.4 Å². The van der Waals surface area contributed by atoms with Gasteiger partial charge in [-0.25, -0.2) is 0 Å². The molecule has 3 aromatic carbocycles. The van der Waals surface area contributed by atoms with E-state index < -0.39 is 0 Å². The van der Waals surface area contributed by atoms with Crippen LogP contribution in [-0.2, 0) is 17.8 Å². The average molecular weight is 328 g/mol. The van der Waals surface area contributed by atoms with E-state index in [2.05, 4.69) is 66.1 Å². The van der Waals surface area contributed by atoms with Crippen molar-refractivity contribution in [2.75, 3.05) is 0 Å². The van der Waals surface area contributed by atoms with Gasteiger partial charge in [-0.15, -0.1) is 0 Å². The van der Waals surface area contributed by atoms with Crippen LogP contribution in [0.2, 0.25) is 0 Å². The van der Waals surface area contributed by atoms with E-state index in [0.29, 0.717) is 0 Å². The molecule has 0 fully saturated rings. The van der Waals surface area contributed by atoms with E-state index in [0.717, 1.165) is 17.7 Å². The molecule has 1 aromatic heterocycles. The first kappa shape index (κ1) is 15.5. The lowest BCUT2D eigenvalue weighted by molar-refractivity contribution is -0.117. The van der Waals surface area contributed by atoms with Gasteiger partial charge in [0.05, 0.1) is 11.9 Å². The maximum atomic E-state index is 11.4. The van der Waals surface area contributed by atoms with Crippen LogP contribution in [0.25, 0.3) is 21.8 Å². The maximum absolute atomic E-state index is 11.4. The fourth-order valence-corrected chi connectivity index (χ4v) is 3.67. The Labute approximate surface area is 146 Å². The third kappa shape index (κ3) is 2.68. The molecule has 124 valence electrons. The summed E-state index contributed by atoms with van der Waals surface area (Å²) in [6.07, 6.45) is 0.272. The number of primary amides is 1. The summed E-state index contributed by atoms with van der Waals surface area (Å²) in [6.45, 7) is 2.88. The average Bonchev–Trinajstić information content (AvgIpc) is 2.93. The van der Waals surface area contributed by atoms with Gasteiger partial charge in [0.2, 0.25) is 5.91 Å². The summed E-state index contributed by atoms with van der Waals surface area (Å²) in [4.78, 5) is 11.4. The normalized spacial score (nSPS) is 11.2. The molecule has 1 amide bonds. The monoisotopic (exact) mass is 328 g/mol. The summed E-state index contributed by atoms with van der Waals surface area (Å²) in [7, 11) is 0. The summed E-state index contributed by atoms with van der Waals surface area (Å²) in [6, 6.07) is 23.1. The molecule has 0 radical (unpaired) electrons. The van der Waals surface area contributed by atoms with Crippen molar-refractivity contribution in [3.63, 3.8) is 0 Å². The van der Waals surface area contributed by atoms with Gasteiger partial charge in [0, 0.05) is 22.8 Å². The van der Waals surface area contributed by atoms with Crippen LogP contribution in [-0.4, -0.2) is 10.5 Å². The number of hydrogen-bond acceptors (Lipinski definition) is 1. The van der Waals surface area contributed by atoms with Crippen LogP contribution in [0.15, 0.2) is 66.7 Å². The molecule has 0 saturated heterocycles. The van der Waals surface area contributed by atoms with Gasteiger partial charge in [-0.2, -0.15) is 0 Å². The molecule has 0 spiro atoms. The van der Waals surface area contributed by atoms with E-state index in [1.165, 1.54) is 27.4 Å². The third-order valence-corrected chi connectivity index (χ3v) is 4.85. The Kier molecular flexibility index (Phi) is 3.77. The van der Waals surface area contributed by atoms with E-state index in [4.69, 9.17) is 5.73 Å². The van der Waals surface area contributed by atoms with E-state index in [9.17, 15) is 4.79 Å². The maximum Gasteiger partial charge on any atom is 0.221 e. The highest BCUT2D eigenvalue weighted by molar-refractivity contribution is 6.09. The number of rotatable bonds is 4. The van der Waals surface area contributed by atoms with Gasteiger partial charge in [0.1, 0.15) is 0 Å². The van der Waals surface area contributed by atoms with Crippen molar-refractivity contribution in [2.45, 2.75) is 19.9 Å². The number of nitrogens with zero attached hydrogens (tertiary/aromatic N) is 1. The van der Waals surface area contributed by atoms with Gasteiger partial charge in [-0.05, 0) is 29.7 Å². The molecule has 0 aliphatic carbocycles. The largest absolute Gasteiger partial charge is 0.369 e. The minimum atomic E-state index is -0.298. The first-order chi connectivity index (χ1) is 12.1. The van der Waals surface area contributed by atoms with Crippen LogP contribution in [0.3, 0.4) is 0 Å². The van der Waals surface area contributed by atoms with Crippen LogP contribution in [0, 0.1) is 6.92 Å². The number of hydrogen-bond donors (Lipinski definition) is 1. The van der Waals surface area contributed by atoms with E-state index in [1.807, 2.05) is 12.1 Å². The van der Waals surface area contributed by atoms with Crippen molar-refractivity contribution in [1.29, 1.82) is 0 Å². The Balaban J connectivity index is 2.01. The van der Waals surface area contributed by atoms with Gasteiger partial charge < -0.3 is 10.3 Å². The molecule has 4 aromatic rings. The molecule has 3 heteroatoms. The molecule has 25 heavy (non-hydrogen) atoms. The summed E-state index contributed by atoms with van der Waals surface area (Å²) >= 11 is 0. The van der Waals surface area contributed by atoms with Crippen LogP contribution in [0.4, 0.5) is 0 Å². The summed E-state index contributed by atoms with van der Waals surface area (Å²) < 4.78 is 2.35. The standard InChI is InChI=1S/C22H20N2O/c1-15-17(13-21(23)25)11-12-19-18-9-5-6-10-20(18)24(22(15)19)14-16-7-3-2-4-8-16/h2-12H,13-14H2,1H3,(H2,23,25). The predicted octanol–water partition coefficient (Wildman–Crippen LogP) is 4.18. The fourth-order valence-electron chi connectivity index (χ4n) is 3.67. The topological polar surface area (TPSA) is 48.0 Å². The zero-order valence-electron chi connectivity index (χ0n) is 14.2. The van der Waals surface area contributed by atoms with Crippen molar-refractivity contribution < 1.29 is 4.79 Å². The van der Waals surface area contributed by atoms with Gasteiger partial charge in [-0.1, -0.05) is 60.7 Å². The first-order valence-corrected chi connectivity index (χ1v) is 8.47. The highest BCUT2D eigenvalue weighted by Crippen LogP contribution is 2.33. The number of amides is 1. The number of carbonyl (C=O) groups excluding carboxylic acids is 1. The number of carbonyl (C=O) groups is 1. The first-order valence-electron chi connectivity index (χ1n) is 8.47. The second-order valence-corrected chi connectivity index (χ2v) is 6.48. The fraction of sp³-hybridized carbons (Fsp3) is 0.136. The Morgan fingerprint density at radius 1 is 0.920 bits per heavy atom. The lowest BCUT2D eigenvalue weighted by Gasteiger charge is -2.12. The van der Waals surface area contributed by atoms with Crippen molar-refractivity contribution in [3.8, 4) is 0 Å². The Bertz CT molecular complexity index is 1080. The molecular weight excluding hydrogens is 308 g/mol. The molecule has 0 aliphatic rings. The minimum absolute atomic E-state index is 0.272. The van der Waals surface area contributed by atoms with Gasteiger partial charge in [0.25, 0.3) is 0 Å². The van der Waals surface area contributed by atoms with Crippen LogP contribution < -0.4 is 5.73 Å². The molecule has 0 saturated carbocycles. The SMILES string of the molecule is Cc1c(CC(N)=O)ccc2c3ccccc3n(Cc3ccccc3)c12. The summed E-state index contributed by atoms with van der Waals surface area (Å²) in [5, 5.41) is 2.46. The number of fused-ring (bicyclic) bond motifs is 3. The highest BCUT2D eigenvalue weighted by atomic mass is 16.1. The lowest BCUT2D eigenvalue weighted by Crippen LogP contribution is -2.14. The van der Waals surface area contributed by atoms with Crippen molar-refractivity contribution in [2.24, 2.45) is 5.73 Å². The van der Waals surface area contributed by atoms with Crippen LogP contribution in [0.1, 0.15) is 16.7 Å². The van der Waals surface area contributed by atoms with E-state index in [1.54, 1.807) is 0 Å². The molecule has 4 rings (SSSR count). The molecule has 1 heterocycles. The molecule has 0 bridgehead atoms. The summed E-state index contributed by atoms with van der Waals surface area (Å²) in [5.41, 5.74) is 11.2. The number of benzene rings is 3. The van der Waals surface area contributed by atoms with Gasteiger partial charge in [0.15, 0.2) is 0 Å².